The summed E-state index contributed by atoms with van der Waals surface area (Å²) >= 11 is 0. The van der Waals surface area contributed by atoms with Crippen molar-refractivity contribution in [3.63, 3.8) is 0 Å². The van der Waals surface area contributed by atoms with Gasteiger partial charge >= 0.3 is 0 Å². The number of nitrogens with one attached hydrogen (secondary N) is 2. The molecule has 1 unspecified atom stereocenters. The Morgan fingerprint density at radius 1 is 1.33 bits per heavy atom. The van der Waals surface area contributed by atoms with Gasteiger partial charge in [-0.15, -0.1) is 24.0 Å². The van der Waals surface area contributed by atoms with Gasteiger partial charge in [0.1, 0.15) is 5.76 Å². The monoisotopic (exact) mass is 448 g/mol. The molecule has 24 heavy (non-hydrogen) atoms. The number of furan rings is 1. The summed E-state index contributed by atoms with van der Waals surface area (Å²) in [6, 6.07) is 4.15. The van der Waals surface area contributed by atoms with Gasteiger partial charge in [-0.3, -0.25) is 9.89 Å². The fourth-order valence-corrected chi connectivity index (χ4v) is 3.10. The zero-order valence-corrected chi connectivity index (χ0v) is 17.8. The fourth-order valence-electron chi connectivity index (χ4n) is 3.10. The van der Waals surface area contributed by atoms with Crippen molar-refractivity contribution < 1.29 is 4.42 Å². The number of aliphatic imine (C=N–C) groups is 1. The Morgan fingerprint density at radius 2 is 2.08 bits per heavy atom. The smallest absolute Gasteiger partial charge is 0.191 e. The summed E-state index contributed by atoms with van der Waals surface area (Å²) in [5.41, 5.74) is 0.449. The summed E-state index contributed by atoms with van der Waals surface area (Å²) in [6.07, 6.45) is 6.95. The van der Waals surface area contributed by atoms with Crippen LogP contribution in [0.4, 0.5) is 0 Å². The third-order valence-electron chi connectivity index (χ3n) is 5.04. The Morgan fingerprint density at radius 3 is 2.54 bits per heavy atom. The van der Waals surface area contributed by atoms with Crippen LogP contribution in [0.25, 0.3) is 0 Å². The Bertz CT molecular complexity index is 478. The van der Waals surface area contributed by atoms with Crippen molar-refractivity contribution in [2.45, 2.75) is 45.6 Å². The van der Waals surface area contributed by atoms with Crippen molar-refractivity contribution in [1.29, 1.82) is 0 Å². The number of guanidine groups is 1. The summed E-state index contributed by atoms with van der Waals surface area (Å²) < 4.78 is 5.57. The quantitative estimate of drug-likeness (QED) is 0.362. The lowest BCUT2D eigenvalue weighted by Crippen LogP contribution is -2.43. The molecule has 0 bridgehead atoms. The number of likely N-dealkylation sites (N-methyl/N-ethyl adjacent to an activating group) is 1. The molecule has 0 amide bonds. The van der Waals surface area contributed by atoms with E-state index in [1.807, 2.05) is 12.1 Å². The van der Waals surface area contributed by atoms with Crippen LogP contribution in [0.3, 0.4) is 0 Å². The van der Waals surface area contributed by atoms with E-state index in [2.05, 4.69) is 43.5 Å². The van der Waals surface area contributed by atoms with E-state index < -0.39 is 0 Å². The first-order valence-corrected chi connectivity index (χ1v) is 8.82. The van der Waals surface area contributed by atoms with Crippen LogP contribution in [-0.4, -0.2) is 44.6 Å². The van der Waals surface area contributed by atoms with Crippen LogP contribution in [0.1, 0.15) is 51.3 Å². The Hall–Kier alpha value is -0.760. The molecule has 1 atom stereocenters. The average Bonchev–Trinajstić information content (AvgIpc) is 3.00. The van der Waals surface area contributed by atoms with Crippen LogP contribution < -0.4 is 10.6 Å². The first-order chi connectivity index (χ1) is 11.1. The molecule has 0 aromatic carbocycles. The first kappa shape index (κ1) is 21.3. The third kappa shape index (κ3) is 5.65. The predicted octanol–water partition coefficient (Wildman–Crippen LogP) is 3.64. The maximum atomic E-state index is 5.57. The Balaban J connectivity index is 0.00000288. The van der Waals surface area contributed by atoms with Crippen molar-refractivity contribution in [3.05, 3.63) is 24.2 Å². The molecule has 138 valence electrons. The molecule has 6 heteroatoms. The molecule has 0 radical (unpaired) electrons. The minimum absolute atomic E-state index is 0. The molecule has 2 rings (SSSR count). The van der Waals surface area contributed by atoms with Crippen LogP contribution in [0.5, 0.6) is 0 Å². The second-order valence-electron chi connectivity index (χ2n) is 6.78. The largest absolute Gasteiger partial charge is 0.468 e. The number of rotatable bonds is 8. The summed E-state index contributed by atoms with van der Waals surface area (Å²) in [5, 5.41) is 6.83. The number of halogens is 1. The zero-order valence-electron chi connectivity index (χ0n) is 15.5. The van der Waals surface area contributed by atoms with Gasteiger partial charge in [0, 0.05) is 19.6 Å². The number of hydrogen-bond donors (Lipinski definition) is 2. The van der Waals surface area contributed by atoms with E-state index in [0.29, 0.717) is 5.41 Å². The zero-order chi connectivity index (χ0) is 16.7. The van der Waals surface area contributed by atoms with Gasteiger partial charge in [0.25, 0.3) is 0 Å². The molecule has 1 fully saturated rings. The van der Waals surface area contributed by atoms with Crippen molar-refractivity contribution in [2.24, 2.45) is 10.4 Å². The van der Waals surface area contributed by atoms with E-state index in [4.69, 9.17) is 9.41 Å². The van der Waals surface area contributed by atoms with Crippen LogP contribution >= 0.6 is 24.0 Å². The van der Waals surface area contributed by atoms with Gasteiger partial charge in [-0.25, -0.2) is 0 Å². The Labute approximate surface area is 163 Å². The van der Waals surface area contributed by atoms with Gasteiger partial charge in [-0.05, 0) is 57.8 Å². The van der Waals surface area contributed by atoms with Crippen molar-refractivity contribution in [2.75, 3.05) is 33.7 Å². The highest BCUT2D eigenvalue weighted by Gasteiger charge is 2.34. The highest BCUT2D eigenvalue weighted by atomic mass is 127. The van der Waals surface area contributed by atoms with E-state index in [1.165, 1.54) is 25.7 Å². The molecule has 1 aromatic rings. The Kier molecular flexibility index (Phi) is 9.12. The lowest BCUT2D eigenvalue weighted by Gasteiger charge is -2.40. The van der Waals surface area contributed by atoms with Gasteiger partial charge in [0.15, 0.2) is 5.96 Å². The van der Waals surface area contributed by atoms with E-state index in [0.717, 1.165) is 31.4 Å². The van der Waals surface area contributed by atoms with Crippen molar-refractivity contribution >= 4 is 29.9 Å². The van der Waals surface area contributed by atoms with E-state index in [1.54, 1.807) is 6.26 Å². The number of hydrogen-bond acceptors (Lipinski definition) is 3. The minimum atomic E-state index is 0. The third-order valence-corrected chi connectivity index (χ3v) is 5.04. The molecule has 0 saturated heterocycles. The van der Waals surface area contributed by atoms with Crippen molar-refractivity contribution in [1.82, 2.24) is 15.5 Å². The van der Waals surface area contributed by atoms with E-state index in [9.17, 15) is 0 Å². The van der Waals surface area contributed by atoms with Gasteiger partial charge < -0.3 is 15.1 Å². The van der Waals surface area contributed by atoms with Gasteiger partial charge in [-0.1, -0.05) is 13.3 Å². The fraction of sp³-hybridized carbons (Fsp3) is 0.722. The molecule has 0 aliphatic heterocycles. The molecule has 1 heterocycles. The summed E-state index contributed by atoms with van der Waals surface area (Å²) in [5.74, 6) is 1.88. The molecule has 1 aliphatic rings. The maximum Gasteiger partial charge on any atom is 0.191 e. The minimum Gasteiger partial charge on any atom is -0.468 e. The van der Waals surface area contributed by atoms with Crippen LogP contribution in [0.15, 0.2) is 27.8 Å². The lowest BCUT2D eigenvalue weighted by molar-refractivity contribution is 0.139. The molecule has 1 aliphatic carbocycles. The maximum absolute atomic E-state index is 5.57. The predicted molar refractivity (Wildman–Crippen MR) is 111 cm³/mol. The van der Waals surface area contributed by atoms with Crippen molar-refractivity contribution in [3.8, 4) is 0 Å². The average molecular weight is 448 g/mol. The second-order valence-corrected chi connectivity index (χ2v) is 6.78. The second kappa shape index (κ2) is 10.3. The molecular formula is C18H33IN4O. The summed E-state index contributed by atoms with van der Waals surface area (Å²) in [7, 11) is 4.14. The number of nitrogens with zero attached hydrogens (tertiary/aromatic N) is 2. The van der Waals surface area contributed by atoms with Crippen LogP contribution in [0, 0.1) is 5.41 Å². The van der Waals surface area contributed by atoms with Gasteiger partial charge in [-0.2, -0.15) is 0 Å². The first-order valence-electron chi connectivity index (χ1n) is 8.82. The highest BCUT2D eigenvalue weighted by Crippen LogP contribution is 2.43. The van der Waals surface area contributed by atoms with Crippen LogP contribution in [-0.2, 0) is 0 Å². The molecule has 1 aromatic heterocycles. The molecular weight excluding hydrogens is 415 g/mol. The highest BCUT2D eigenvalue weighted by molar-refractivity contribution is 14.0. The normalized spacial score (nSPS) is 17.8. The van der Waals surface area contributed by atoms with Gasteiger partial charge in [0.2, 0.25) is 0 Å². The SMILES string of the molecule is CCNC(=NCC1(CC)CCC1)NCC(c1ccco1)N(C)C.I. The molecule has 5 nitrogen and oxygen atoms in total. The summed E-state index contributed by atoms with van der Waals surface area (Å²) in [6.45, 7) is 6.95. The molecule has 1 saturated carbocycles. The molecule has 0 spiro atoms. The summed E-state index contributed by atoms with van der Waals surface area (Å²) in [4.78, 5) is 7.00. The standard InChI is InChI=1S/C18H32N4O.HI/c1-5-18(10-8-11-18)14-21-17(19-6-2)20-13-15(22(3)4)16-9-7-12-23-16;/h7,9,12,15H,5-6,8,10-11,13-14H2,1-4H3,(H2,19,20,21);1H. The molecule has 2 N–H and O–H groups in total. The van der Waals surface area contributed by atoms with E-state index >= 15 is 0 Å². The van der Waals surface area contributed by atoms with E-state index in [-0.39, 0.29) is 30.0 Å². The van der Waals surface area contributed by atoms with Crippen LogP contribution in [0.2, 0.25) is 0 Å². The lowest BCUT2D eigenvalue weighted by atomic mass is 9.67. The topological polar surface area (TPSA) is 52.8 Å². The van der Waals surface area contributed by atoms with Gasteiger partial charge in [0.05, 0.1) is 12.3 Å².